The maximum absolute atomic E-state index is 12.7. The topological polar surface area (TPSA) is 95.9 Å². The zero-order chi connectivity index (χ0) is 19.8. The van der Waals surface area contributed by atoms with Gasteiger partial charge < -0.3 is 15.2 Å². The minimum absolute atomic E-state index is 0.0471. The van der Waals surface area contributed by atoms with E-state index < -0.39 is 11.8 Å². The number of nitrogens with one attached hydrogen (secondary N) is 1. The summed E-state index contributed by atoms with van der Waals surface area (Å²) in [5.74, 6) is -1.29. The average molecular weight is 380 g/mol. The van der Waals surface area contributed by atoms with Gasteiger partial charge in [-0.05, 0) is 55.7 Å². The van der Waals surface area contributed by atoms with E-state index in [4.69, 9.17) is 4.74 Å². The average Bonchev–Trinajstić information content (AvgIpc) is 3.27. The molecule has 0 bridgehead atoms. The van der Waals surface area contributed by atoms with E-state index in [2.05, 4.69) is 5.32 Å². The number of benzene rings is 2. The van der Waals surface area contributed by atoms with E-state index >= 15 is 0 Å². The molecule has 28 heavy (non-hydrogen) atoms. The Morgan fingerprint density at radius 2 is 1.96 bits per heavy atom. The minimum atomic E-state index is -0.471. The third-order valence-corrected chi connectivity index (χ3v) is 5.04. The molecule has 0 aliphatic carbocycles. The number of imide groups is 1. The van der Waals surface area contributed by atoms with Gasteiger partial charge in [-0.25, -0.2) is 0 Å². The lowest BCUT2D eigenvalue weighted by Crippen LogP contribution is -2.36. The van der Waals surface area contributed by atoms with Crippen LogP contribution in [0, 0.1) is 6.92 Å². The minimum Gasteiger partial charge on any atom is -0.506 e. The van der Waals surface area contributed by atoms with Gasteiger partial charge >= 0.3 is 0 Å². The molecule has 2 aliphatic heterocycles. The van der Waals surface area contributed by atoms with Crippen LogP contribution in [0.4, 0.5) is 5.69 Å². The standard InChI is InChI=1S/C21H20N2O5/c1-12-4-7-18(24)17(9-12)22-19(25)13-5-6-15-16(10-13)21(27)23(20(15)26)11-14-3-2-8-28-14/h4-7,9-10,14,24H,2-3,8,11H2,1H3,(H,22,25)/t14-/m0/s1. The van der Waals surface area contributed by atoms with Gasteiger partial charge in [0.15, 0.2) is 0 Å². The molecule has 144 valence electrons. The quantitative estimate of drug-likeness (QED) is 0.628. The molecule has 1 atom stereocenters. The molecule has 0 aromatic heterocycles. The first-order valence-corrected chi connectivity index (χ1v) is 9.17. The molecule has 1 fully saturated rings. The number of nitrogens with zero attached hydrogens (tertiary/aromatic N) is 1. The lowest BCUT2D eigenvalue weighted by atomic mass is 10.1. The number of amides is 3. The van der Waals surface area contributed by atoms with Crippen molar-refractivity contribution in [3.8, 4) is 5.75 Å². The Labute approximate surface area is 161 Å². The molecule has 4 rings (SSSR count). The van der Waals surface area contributed by atoms with E-state index in [1.807, 2.05) is 6.92 Å². The van der Waals surface area contributed by atoms with Crippen molar-refractivity contribution in [1.29, 1.82) is 0 Å². The molecule has 2 aromatic rings. The summed E-state index contributed by atoms with van der Waals surface area (Å²) in [5, 5.41) is 12.5. The number of fused-ring (bicyclic) bond motifs is 1. The van der Waals surface area contributed by atoms with Crippen LogP contribution in [-0.4, -0.2) is 47.0 Å². The lowest BCUT2D eigenvalue weighted by Gasteiger charge is -2.17. The Kier molecular flexibility index (Phi) is 4.60. The Balaban J connectivity index is 1.55. The number of phenolic OH excluding ortho intramolecular Hbond substituents is 1. The first kappa shape index (κ1) is 18.2. The highest BCUT2D eigenvalue weighted by molar-refractivity contribution is 6.22. The SMILES string of the molecule is Cc1ccc(O)c(NC(=O)c2ccc3c(c2)C(=O)N(C[C@@H]2CCCO2)C3=O)c1. The third kappa shape index (κ3) is 3.25. The number of ether oxygens (including phenoxy) is 1. The maximum Gasteiger partial charge on any atom is 0.261 e. The van der Waals surface area contributed by atoms with E-state index in [0.717, 1.165) is 18.4 Å². The van der Waals surface area contributed by atoms with Crippen LogP contribution in [0.2, 0.25) is 0 Å². The molecule has 2 aliphatic rings. The highest BCUT2D eigenvalue weighted by atomic mass is 16.5. The molecular formula is C21H20N2O5. The highest BCUT2D eigenvalue weighted by Crippen LogP contribution is 2.28. The number of anilines is 1. The molecule has 1 saturated heterocycles. The van der Waals surface area contributed by atoms with E-state index in [9.17, 15) is 19.5 Å². The first-order chi connectivity index (χ1) is 13.4. The summed E-state index contributed by atoms with van der Waals surface area (Å²) >= 11 is 0. The van der Waals surface area contributed by atoms with Gasteiger partial charge in [-0.1, -0.05) is 6.07 Å². The van der Waals surface area contributed by atoms with Crippen molar-refractivity contribution in [2.45, 2.75) is 25.9 Å². The largest absolute Gasteiger partial charge is 0.506 e. The van der Waals surface area contributed by atoms with Crippen LogP contribution in [0.3, 0.4) is 0 Å². The van der Waals surface area contributed by atoms with Crippen LogP contribution < -0.4 is 5.32 Å². The zero-order valence-electron chi connectivity index (χ0n) is 15.4. The number of aryl methyl sites for hydroxylation is 1. The van der Waals surface area contributed by atoms with Crippen LogP contribution in [-0.2, 0) is 4.74 Å². The number of phenols is 1. The van der Waals surface area contributed by atoms with E-state index in [-0.39, 0.29) is 46.7 Å². The number of rotatable bonds is 4. The predicted molar refractivity (Wildman–Crippen MR) is 102 cm³/mol. The Morgan fingerprint density at radius 1 is 1.18 bits per heavy atom. The van der Waals surface area contributed by atoms with Crippen LogP contribution in [0.25, 0.3) is 0 Å². The summed E-state index contributed by atoms with van der Waals surface area (Å²) in [6.07, 6.45) is 1.61. The second-order valence-corrected chi connectivity index (χ2v) is 7.09. The number of carbonyl (C=O) groups is 3. The smallest absolute Gasteiger partial charge is 0.261 e. The van der Waals surface area contributed by atoms with Crippen molar-refractivity contribution in [1.82, 2.24) is 4.90 Å². The molecule has 0 spiro atoms. The summed E-state index contributed by atoms with van der Waals surface area (Å²) in [7, 11) is 0. The summed E-state index contributed by atoms with van der Waals surface area (Å²) in [5.41, 5.74) is 1.90. The molecule has 2 heterocycles. The van der Waals surface area contributed by atoms with E-state index in [1.54, 1.807) is 12.1 Å². The van der Waals surface area contributed by atoms with Crippen molar-refractivity contribution in [2.24, 2.45) is 0 Å². The fourth-order valence-electron chi connectivity index (χ4n) is 3.53. The fourth-order valence-corrected chi connectivity index (χ4v) is 3.53. The Bertz CT molecular complexity index is 979. The summed E-state index contributed by atoms with van der Waals surface area (Å²) in [6, 6.07) is 9.30. The van der Waals surface area contributed by atoms with Gasteiger partial charge in [0.25, 0.3) is 17.7 Å². The highest BCUT2D eigenvalue weighted by Gasteiger charge is 2.37. The molecule has 7 heteroatoms. The Morgan fingerprint density at radius 3 is 2.71 bits per heavy atom. The molecule has 7 nitrogen and oxygen atoms in total. The second kappa shape index (κ2) is 7.09. The van der Waals surface area contributed by atoms with Crippen LogP contribution in [0.1, 0.15) is 49.5 Å². The molecule has 0 saturated carbocycles. The molecule has 2 aromatic carbocycles. The normalized spacial score (nSPS) is 18.5. The van der Waals surface area contributed by atoms with Gasteiger partial charge in [-0.15, -0.1) is 0 Å². The van der Waals surface area contributed by atoms with Gasteiger partial charge in [0.2, 0.25) is 0 Å². The number of aromatic hydroxyl groups is 1. The monoisotopic (exact) mass is 380 g/mol. The fraction of sp³-hybridized carbons (Fsp3) is 0.286. The lowest BCUT2D eigenvalue weighted by molar-refractivity contribution is 0.0475. The van der Waals surface area contributed by atoms with Crippen molar-refractivity contribution in [3.63, 3.8) is 0 Å². The van der Waals surface area contributed by atoms with E-state index in [1.165, 1.54) is 29.2 Å². The summed E-state index contributed by atoms with van der Waals surface area (Å²) in [4.78, 5) is 39.0. The first-order valence-electron chi connectivity index (χ1n) is 9.17. The van der Waals surface area contributed by atoms with Crippen LogP contribution in [0.15, 0.2) is 36.4 Å². The van der Waals surface area contributed by atoms with Crippen molar-refractivity contribution >= 4 is 23.4 Å². The Hall–Kier alpha value is -3.19. The van der Waals surface area contributed by atoms with Crippen molar-refractivity contribution in [3.05, 3.63) is 58.7 Å². The molecule has 0 unspecified atom stereocenters. The number of hydrogen-bond acceptors (Lipinski definition) is 5. The second-order valence-electron chi connectivity index (χ2n) is 7.09. The molecule has 3 amide bonds. The summed E-state index contributed by atoms with van der Waals surface area (Å²) < 4.78 is 5.53. The molecular weight excluding hydrogens is 360 g/mol. The van der Waals surface area contributed by atoms with Crippen molar-refractivity contribution in [2.75, 3.05) is 18.5 Å². The van der Waals surface area contributed by atoms with Gasteiger partial charge in [0.1, 0.15) is 5.75 Å². The summed E-state index contributed by atoms with van der Waals surface area (Å²) in [6.45, 7) is 2.71. The predicted octanol–water partition coefficient (Wildman–Crippen LogP) is 2.73. The number of hydrogen-bond donors (Lipinski definition) is 2. The maximum atomic E-state index is 12.7. The van der Waals surface area contributed by atoms with Gasteiger partial charge in [0, 0.05) is 12.2 Å². The molecule has 2 N–H and O–H groups in total. The van der Waals surface area contributed by atoms with Crippen LogP contribution >= 0.6 is 0 Å². The van der Waals surface area contributed by atoms with E-state index in [0.29, 0.717) is 6.61 Å². The number of carbonyl (C=O) groups excluding carboxylic acids is 3. The zero-order valence-corrected chi connectivity index (χ0v) is 15.4. The molecule has 0 radical (unpaired) electrons. The van der Waals surface area contributed by atoms with Gasteiger partial charge in [-0.2, -0.15) is 0 Å². The van der Waals surface area contributed by atoms with Crippen molar-refractivity contribution < 1.29 is 24.2 Å². The third-order valence-electron chi connectivity index (χ3n) is 5.04. The van der Waals surface area contributed by atoms with Crippen LogP contribution in [0.5, 0.6) is 5.75 Å². The van der Waals surface area contributed by atoms with Gasteiger partial charge in [0.05, 0.1) is 29.5 Å². The van der Waals surface area contributed by atoms with Gasteiger partial charge in [-0.3, -0.25) is 19.3 Å².